The van der Waals surface area contributed by atoms with Crippen LogP contribution in [0.1, 0.15) is 43.6 Å². The summed E-state index contributed by atoms with van der Waals surface area (Å²) in [5.41, 5.74) is 2.19. The minimum atomic E-state index is 0.587. The molecule has 1 aliphatic rings. The lowest BCUT2D eigenvalue weighted by atomic mass is 9.84. The van der Waals surface area contributed by atoms with E-state index in [-0.39, 0.29) is 0 Å². The van der Waals surface area contributed by atoms with Crippen LogP contribution in [-0.4, -0.2) is 11.4 Å². The number of benzene rings is 1. The molecule has 1 aromatic carbocycles. The van der Waals surface area contributed by atoms with E-state index in [4.69, 9.17) is 5.26 Å². The predicted molar refractivity (Wildman–Crippen MR) is 97.0 cm³/mol. The van der Waals surface area contributed by atoms with Crippen LogP contribution in [0.3, 0.4) is 0 Å². The highest BCUT2D eigenvalue weighted by Crippen LogP contribution is 2.40. The summed E-state index contributed by atoms with van der Waals surface area (Å²) in [4.78, 5) is 4.50. The van der Waals surface area contributed by atoms with Gasteiger partial charge in [0.1, 0.15) is 0 Å². The lowest BCUT2D eigenvalue weighted by Gasteiger charge is -2.22. The highest BCUT2D eigenvalue weighted by Gasteiger charge is 2.18. The average Bonchev–Trinajstić information content (AvgIpc) is 2.50. The Balaban J connectivity index is 2.30. The molecule has 2 rings (SSSR count). The van der Waals surface area contributed by atoms with E-state index in [2.05, 4.69) is 54.3 Å². The number of rotatable bonds is 2. The monoisotopic (exact) mass is 429 g/mol. The summed E-state index contributed by atoms with van der Waals surface area (Å²) in [6.07, 6.45) is 10.3. The fourth-order valence-electron chi connectivity index (χ4n) is 2.64. The molecule has 1 saturated carbocycles. The lowest BCUT2D eigenvalue weighted by Crippen LogP contribution is -2.12. The van der Waals surface area contributed by atoms with Crippen molar-refractivity contribution in [2.45, 2.75) is 38.0 Å². The number of hydrogen-bond donors (Lipinski definition) is 1. The molecule has 1 aromatic rings. The molecular weight excluding hydrogens is 414 g/mol. The van der Waals surface area contributed by atoms with Crippen molar-refractivity contribution >= 4 is 54.5 Å². The van der Waals surface area contributed by atoms with E-state index in [1.807, 2.05) is 12.4 Å². The van der Waals surface area contributed by atoms with Crippen LogP contribution in [0.5, 0.6) is 0 Å². The molecule has 0 radical (unpaired) electrons. The van der Waals surface area contributed by atoms with Gasteiger partial charge in [-0.3, -0.25) is 5.32 Å². The van der Waals surface area contributed by atoms with Crippen LogP contribution in [0.2, 0.25) is 0 Å². The van der Waals surface area contributed by atoms with Gasteiger partial charge in [0.2, 0.25) is 0 Å². The zero-order valence-electron chi connectivity index (χ0n) is 11.8. The first-order chi connectivity index (χ1) is 10.2. The van der Waals surface area contributed by atoms with Crippen molar-refractivity contribution in [1.82, 2.24) is 5.32 Å². The van der Waals surface area contributed by atoms with Gasteiger partial charge in [-0.05, 0) is 74.6 Å². The standard InChI is InChI=1S/C15H17Br2N3S/c1-21-15(19-9-18)20-14-12(16)7-11(8-13(14)17)10-5-3-2-4-6-10/h7-8,10H,2-6H2,1H3,(H,19,20). The summed E-state index contributed by atoms with van der Waals surface area (Å²) in [5.74, 6) is 0.654. The Hall–Kier alpha value is -0.510. The molecule has 1 fully saturated rings. The molecule has 0 aromatic heterocycles. The molecule has 0 saturated heterocycles. The van der Waals surface area contributed by atoms with Crippen LogP contribution in [0, 0.1) is 11.5 Å². The molecule has 0 heterocycles. The lowest BCUT2D eigenvalue weighted by molar-refractivity contribution is 0.443. The molecule has 0 atom stereocenters. The van der Waals surface area contributed by atoms with E-state index in [0.29, 0.717) is 11.1 Å². The van der Waals surface area contributed by atoms with Gasteiger partial charge in [-0.25, -0.2) is 4.99 Å². The van der Waals surface area contributed by atoms with Crippen molar-refractivity contribution in [3.05, 3.63) is 26.6 Å². The van der Waals surface area contributed by atoms with Crippen molar-refractivity contribution in [2.75, 3.05) is 6.26 Å². The third-order valence-electron chi connectivity index (χ3n) is 3.69. The maximum atomic E-state index is 8.72. The summed E-state index contributed by atoms with van der Waals surface area (Å²) >= 11 is 8.65. The molecule has 1 aliphatic carbocycles. The van der Waals surface area contributed by atoms with E-state index in [1.165, 1.54) is 49.4 Å². The number of halogens is 2. The van der Waals surface area contributed by atoms with Gasteiger partial charge in [-0.2, -0.15) is 5.26 Å². The number of nitrogens with zero attached hydrogens (tertiary/aromatic N) is 2. The van der Waals surface area contributed by atoms with Crippen molar-refractivity contribution in [2.24, 2.45) is 4.99 Å². The topological polar surface area (TPSA) is 48.2 Å². The third-order valence-corrected chi connectivity index (χ3v) is 5.47. The Morgan fingerprint density at radius 1 is 1.29 bits per heavy atom. The average molecular weight is 431 g/mol. The largest absolute Gasteiger partial charge is 0.271 e. The molecule has 112 valence electrons. The number of nitrogens with one attached hydrogen (secondary N) is 1. The first-order valence-corrected chi connectivity index (χ1v) is 9.73. The Morgan fingerprint density at radius 3 is 2.43 bits per heavy atom. The van der Waals surface area contributed by atoms with E-state index in [9.17, 15) is 0 Å². The van der Waals surface area contributed by atoms with Gasteiger partial charge in [0.25, 0.3) is 0 Å². The minimum absolute atomic E-state index is 0.587. The van der Waals surface area contributed by atoms with E-state index < -0.39 is 0 Å². The number of nitriles is 1. The quantitative estimate of drug-likeness (QED) is 0.284. The van der Waals surface area contributed by atoms with Crippen molar-refractivity contribution in [1.29, 1.82) is 5.26 Å². The smallest absolute Gasteiger partial charge is 0.183 e. The molecule has 0 unspecified atom stereocenters. The molecule has 1 N–H and O–H groups in total. The fraction of sp³-hybridized carbons (Fsp3) is 0.467. The summed E-state index contributed by atoms with van der Waals surface area (Å²) in [6, 6.07) is 4.34. The van der Waals surface area contributed by atoms with Crippen molar-refractivity contribution < 1.29 is 0 Å². The van der Waals surface area contributed by atoms with Gasteiger partial charge in [-0.1, -0.05) is 31.0 Å². The Kier molecular flexibility index (Phi) is 6.59. The second-order valence-corrected chi connectivity index (χ2v) is 7.53. The summed E-state index contributed by atoms with van der Waals surface area (Å²) in [5, 5.41) is 11.9. The molecular formula is C15H17Br2N3S. The maximum absolute atomic E-state index is 8.72. The van der Waals surface area contributed by atoms with Gasteiger partial charge in [0.15, 0.2) is 11.4 Å². The fourth-order valence-corrected chi connectivity index (χ4v) is 4.37. The molecule has 0 aliphatic heterocycles. The van der Waals surface area contributed by atoms with Crippen LogP contribution in [0.25, 0.3) is 0 Å². The number of amidine groups is 1. The summed E-state index contributed by atoms with van der Waals surface area (Å²) in [7, 11) is 0. The van der Waals surface area contributed by atoms with Crippen LogP contribution < -0.4 is 5.32 Å². The van der Waals surface area contributed by atoms with Crippen molar-refractivity contribution in [3.8, 4) is 6.19 Å². The van der Waals surface area contributed by atoms with Gasteiger partial charge in [0, 0.05) is 8.95 Å². The number of aliphatic imine (C=N–C) groups is 1. The first-order valence-electron chi connectivity index (χ1n) is 6.92. The molecule has 0 bridgehead atoms. The predicted octanol–water partition coefficient (Wildman–Crippen LogP) is 5.68. The van der Waals surface area contributed by atoms with Crippen LogP contribution in [0.4, 0.5) is 5.69 Å². The normalized spacial score (nSPS) is 16.6. The molecule has 21 heavy (non-hydrogen) atoms. The van der Waals surface area contributed by atoms with E-state index in [0.717, 1.165) is 14.6 Å². The molecule has 6 heteroatoms. The third kappa shape index (κ3) is 4.48. The van der Waals surface area contributed by atoms with Crippen molar-refractivity contribution in [3.63, 3.8) is 0 Å². The zero-order chi connectivity index (χ0) is 15.2. The zero-order valence-corrected chi connectivity index (χ0v) is 15.8. The van der Waals surface area contributed by atoms with Gasteiger partial charge >= 0.3 is 0 Å². The van der Waals surface area contributed by atoms with E-state index in [1.54, 1.807) is 0 Å². The van der Waals surface area contributed by atoms with Gasteiger partial charge < -0.3 is 0 Å². The summed E-state index contributed by atoms with van der Waals surface area (Å²) in [6.45, 7) is 0. The second kappa shape index (κ2) is 8.21. The van der Waals surface area contributed by atoms with E-state index >= 15 is 0 Å². The maximum Gasteiger partial charge on any atom is 0.183 e. The molecule has 0 spiro atoms. The van der Waals surface area contributed by atoms with Gasteiger partial charge in [0.05, 0.1) is 5.69 Å². The Labute approximate surface area is 146 Å². The molecule has 0 amide bonds. The Morgan fingerprint density at radius 2 is 1.90 bits per heavy atom. The van der Waals surface area contributed by atoms with Crippen LogP contribution in [0.15, 0.2) is 26.1 Å². The highest BCUT2D eigenvalue weighted by atomic mass is 79.9. The minimum Gasteiger partial charge on any atom is -0.271 e. The number of thioether (sulfide) groups is 1. The highest BCUT2D eigenvalue weighted by molar-refractivity contribution is 9.11. The number of hydrogen-bond acceptors (Lipinski definition) is 3. The summed E-state index contributed by atoms with van der Waals surface area (Å²) < 4.78 is 1.92. The molecule has 3 nitrogen and oxygen atoms in total. The first kappa shape index (κ1) is 16.9. The Bertz CT molecular complexity index is 552. The van der Waals surface area contributed by atoms with Crippen LogP contribution >= 0.6 is 43.6 Å². The van der Waals surface area contributed by atoms with Gasteiger partial charge in [-0.15, -0.1) is 0 Å². The SMILES string of the molecule is CSC(=Nc1c(Br)cc(C2CCCCC2)cc1Br)NC#N. The second-order valence-electron chi connectivity index (χ2n) is 5.03. The van der Waals surface area contributed by atoms with Crippen LogP contribution in [-0.2, 0) is 0 Å².